The maximum absolute atomic E-state index is 14.4. The summed E-state index contributed by atoms with van der Waals surface area (Å²) in [6.07, 6.45) is -2.06. The van der Waals surface area contributed by atoms with Crippen molar-refractivity contribution in [1.82, 2.24) is 20.2 Å². The number of halogens is 5. The van der Waals surface area contributed by atoms with Crippen LogP contribution in [-0.2, 0) is 11.2 Å². The van der Waals surface area contributed by atoms with Crippen LogP contribution in [0.2, 0.25) is 5.02 Å². The highest BCUT2D eigenvalue weighted by atomic mass is 35.5. The molecule has 0 radical (unpaired) electrons. The summed E-state index contributed by atoms with van der Waals surface area (Å²) in [7, 11) is 3.49. The maximum atomic E-state index is 14.4. The number of nitrogens with zero attached hydrogens (tertiary/aromatic N) is 3. The monoisotopic (exact) mass is 529 g/mol. The third-order valence-electron chi connectivity index (χ3n) is 6.76. The van der Waals surface area contributed by atoms with Gasteiger partial charge < -0.3 is 16.0 Å². The first kappa shape index (κ1) is 27.8. The summed E-state index contributed by atoms with van der Waals surface area (Å²) in [5, 5.41) is 2.47. The van der Waals surface area contributed by atoms with Gasteiger partial charge in [-0.05, 0) is 57.5 Å². The molecule has 3 N–H and O–H groups in total. The molecule has 12 heteroatoms. The number of carbonyl (C=O) groups is 2. The standard InChI is InChI=1S/C24H28ClF4N5O2/c1-13-31-10-15(11-32-13)18(23(6-7-23)24(27,28)29)9-19(35)33-12-16(34(2)3)8-14-4-5-17(22(30)36)21(26)20(14)25/h4-5,10-11,16,18H,6-9,12H2,1-3H3,(H2,30,36)(H,33,35). The smallest absolute Gasteiger partial charge is 0.366 e. The van der Waals surface area contributed by atoms with Crippen LogP contribution >= 0.6 is 11.6 Å². The van der Waals surface area contributed by atoms with Crippen molar-refractivity contribution in [3.05, 3.63) is 57.9 Å². The minimum absolute atomic E-state index is 0.0615. The van der Waals surface area contributed by atoms with Crippen LogP contribution in [0, 0.1) is 18.2 Å². The summed E-state index contributed by atoms with van der Waals surface area (Å²) in [6.45, 7) is 1.71. The lowest BCUT2D eigenvalue weighted by Gasteiger charge is -2.30. The second-order valence-corrected chi connectivity index (χ2v) is 9.74. The summed E-state index contributed by atoms with van der Waals surface area (Å²) >= 11 is 6.09. The second-order valence-electron chi connectivity index (χ2n) is 9.36. The van der Waals surface area contributed by atoms with Gasteiger partial charge in [-0.15, -0.1) is 0 Å². The van der Waals surface area contributed by atoms with Gasteiger partial charge >= 0.3 is 6.18 Å². The van der Waals surface area contributed by atoms with E-state index in [1.54, 1.807) is 25.9 Å². The molecule has 2 atom stereocenters. The lowest BCUT2D eigenvalue weighted by molar-refractivity contribution is -0.194. The Labute approximate surface area is 211 Å². The molecule has 2 amide bonds. The van der Waals surface area contributed by atoms with Crippen molar-refractivity contribution < 1.29 is 27.2 Å². The zero-order valence-corrected chi connectivity index (χ0v) is 20.9. The number of alkyl halides is 3. The first-order valence-corrected chi connectivity index (χ1v) is 11.7. The van der Waals surface area contributed by atoms with E-state index in [9.17, 15) is 27.2 Å². The topological polar surface area (TPSA) is 101 Å². The first-order chi connectivity index (χ1) is 16.8. The van der Waals surface area contributed by atoms with E-state index in [0.717, 1.165) is 0 Å². The minimum Gasteiger partial charge on any atom is -0.366 e. The summed E-state index contributed by atoms with van der Waals surface area (Å²) in [5.74, 6) is -3.11. The molecule has 0 spiro atoms. The zero-order chi connectivity index (χ0) is 26.8. The van der Waals surface area contributed by atoms with Gasteiger partial charge in [0.2, 0.25) is 5.91 Å². The fourth-order valence-electron chi connectivity index (χ4n) is 4.30. The van der Waals surface area contributed by atoms with Crippen LogP contribution in [0.5, 0.6) is 0 Å². The van der Waals surface area contributed by atoms with E-state index in [-0.39, 0.29) is 54.4 Å². The molecule has 1 aromatic heterocycles. The second kappa shape index (κ2) is 10.7. The zero-order valence-electron chi connectivity index (χ0n) is 20.1. The number of hydrogen-bond donors (Lipinski definition) is 2. The Bertz CT molecular complexity index is 1120. The third kappa shape index (κ3) is 5.95. The highest BCUT2D eigenvalue weighted by Crippen LogP contribution is 2.66. The van der Waals surface area contributed by atoms with E-state index in [4.69, 9.17) is 17.3 Å². The molecule has 1 aliphatic rings. The molecule has 2 aromatic rings. The fourth-order valence-corrected chi connectivity index (χ4v) is 4.54. The normalized spacial score (nSPS) is 16.5. The van der Waals surface area contributed by atoms with Gasteiger partial charge in [0.05, 0.1) is 16.0 Å². The highest BCUT2D eigenvalue weighted by molar-refractivity contribution is 6.32. The van der Waals surface area contributed by atoms with E-state index < -0.39 is 35.1 Å². The van der Waals surface area contributed by atoms with Crippen LogP contribution in [0.15, 0.2) is 24.5 Å². The Morgan fingerprint density at radius 3 is 2.33 bits per heavy atom. The summed E-state index contributed by atoms with van der Waals surface area (Å²) in [6, 6.07) is 2.37. The number of rotatable bonds is 10. The number of aromatic nitrogens is 2. The molecule has 0 aliphatic heterocycles. The van der Waals surface area contributed by atoms with Crippen molar-refractivity contribution >= 4 is 23.4 Å². The molecule has 0 bridgehead atoms. The SMILES string of the molecule is Cc1ncc(C(CC(=O)NCC(Cc2ccc(C(N)=O)c(F)c2Cl)N(C)C)C2(C(F)(F)F)CC2)cn1. The molecule has 1 aromatic carbocycles. The van der Waals surface area contributed by atoms with E-state index >= 15 is 0 Å². The van der Waals surface area contributed by atoms with Gasteiger partial charge in [-0.2, -0.15) is 13.2 Å². The molecule has 36 heavy (non-hydrogen) atoms. The van der Waals surface area contributed by atoms with Crippen molar-refractivity contribution in [2.75, 3.05) is 20.6 Å². The average Bonchev–Trinajstić information content (AvgIpc) is 3.60. The Morgan fingerprint density at radius 1 is 1.22 bits per heavy atom. The quantitative estimate of drug-likeness (QED) is 0.456. The lowest BCUT2D eigenvalue weighted by Crippen LogP contribution is -2.43. The lowest BCUT2D eigenvalue weighted by atomic mass is 9.81. The molecule has 3 rings (SSSR count). The first-order valence-electron chi connectivity index (χ1n) is 11.3. The van der Waals surface area contributed by atoms with Gasteiger partial charge in [0.15, 0.2) is 5.82 Å². The summed E-state index contributed by atoms with van der Waals surface area (Å²) in [5.41, 5.74) is 3.51. The molecule has 2 unspecified atom stereocenters. The number of nitrogens with two attached hydrogens (primary N) is 1. The van der Waals surface area contributed by atoms with Crippen LogP contribution in [0.25, 0.3) is 0 Å². The van der Waals surface area contributed by atoms with Gasteiger partial charge in [-0.1, -0.05) is 17.7 Å². The van der Waals surface area contributed by atoms with Gasteiger partial charge in [-0.3, -0.25) is 9.59 Å². The van der Waals surface area contributed by atoms with Gasteiger partial charge in [0.25, 0.3) is 5.91 Å². The van der Waals surface area contributed by atoms with Crippen molar-refractivity contribution in [2.24, 2.45) is 11.1 Å². The number of likely N-dealkylation sites (N-methyl/N-ethyl adjacent to an activating group) is 1. The molecular formula is C24H28ClF4N5O2. The van der Waals surface area contributed by atoms with Crippen LogP contribution in [0.4, 0.5) is 17.6 Å². The van der Waals surface area contributed by atoms with E-state index in [1.165, 1.54) is 24.5 Å². The number of aryl methyl sites for hydroxylation is 1. The number of benzene rings is 1. The Hall–Kier alpha value is -2.79. The molecule has 7 nitrogen and oxygen atoms in total. The molecule has 1 saturated carbocycles. The number of primary amides is 1. The highest BCUT2D eigenvalue weighted by Gasteiger charge is 2.67. The Balaban J connectivity index is 1.73. The number of nitrogens with one attached hydrogen (secondary N) is 1. The largest absolute Gasteiger partial charge is 0.395 e. The van der Waals surface area contributed by atoms with E-state index in [2.05, 4.69) is 15.3 Å². The van der Waals surface area contributed by atoms with Crippen LogP contribution in [0.3, 0.4) is 0 Å². The van der Waals surface area contributed by atoms with Gasteiger partial charge in [-0.25, -0.2) is 14.4 Å². The van der Waals surface area contributed by atoms with Crippen LogP contribution in [-0.4, -0.2) is 59.5 Å². The maximum Gasteiger partial charge on any atom is 0.395 e. The predicted molar refractivity (Wildman–Crippen MR) is 126 cm³/mol. The van der Waals surface area contributed by atoms with Gasteiger partial charge in [0.1, 0.15) is 5.82 Å². The number of amides is 2. The minimum atomic E-state index is -4.47. The van der Waals surface area contributed by atoms with Crippen LogP contribution in [0.1, 0.15) is 52.5 Å². The van der Waals surface area contributed by atoms with Crippen LogP contribution < -0.4 is 11.1 Å². The molecule has 1 heterocycles. The fraction of sp³-hybridized carbons (Fsp3) is 0.500. The predicted octanol–water partition coefficient (Wildman–Crippen LogP) is 3.78. The van der Waals surface area contributed by atoms with E-state index in [1.807, 2.05) is 0 Å². The molecule has 1 fully saturated rings. The summed E-state index contributed by atoms with van der Waals surface area (Å²) in [4.78, 5) is 34.0. The molecule has 1 aliphatic carbocycles. The average molecular weight is 530 g/mol. The number of hydrogen-bond acceptors (Lipinski definition) is 5. The van der Waals surface area contributed by atoms with E-state index in [0.29, 0.717) is 11.4 Å². The van der Waals surface area contributed by atoms with Gasteiger partial charge in [0, 0.05) is 37.3 Å². The summed E-state index contributed by atoms with van der Waals surface area (Å²) < 4.78 is 56.2. The van der Waals surface area contributed by atoms with Crippen molar-refractivity contribution in [3.8, 4) is 0 Å². The molecule has 196 valence electrons. The van der Waals surface area contributed by atoms with Crippen molar-refractivity contribution in [1.29, 1.82) is 0 Å². The molecular weight excluding hydrogens is 502 g/mol. The van der Waals surface area contributed by atoms with Crippen molar-refractivity contribution in [3.63, 3.8) is 0 Å². The number of carbonyl (C=O) groups excluding carboxylic acids is 2. The Morgan fingerprint density at radius 2 is 1.83 bits per heavy atom. The van der Waals surface area contributed by atoms with Crippen molar-refractivity contribution in [2.45, 2.75) is 50.7 Å². The third-order valence-corrected chi connectivity index (χ3v) is 7.17. The molecule has 0 saturated heterocycles. The Kier molecular flexibility index (Phi) is 8.24.